The van der Waals surface area contributed by atoms with Gasteiger partial charge in [0.25, 0.3) is 0 Å². The van der Waals surface area contributed by atoms with Gasteiger partial charge >= 0.3 is 0 Å². The largest absolute Gasteiger partial charge is 0.392 e. The Labute approximate surface area is 94.6 Å². The van der Waals surface area contributed by atoms with Gasteiger partial charge in [0.05, 0.1) is 12.3 Å². The molecule has 2 rings (SSSR count). The third kappa shape index (κ3) is 2.10. The van der Waals surface area contributed by atoms with Gasteiger partial charge in [-0.25, -0.2) is 0 Å². The zero-order chi connectivity index (χ0) is 11.4. The minimum Gasteiger partial charge on any atom is -0.392 e. The molecular weight excluding hydrogens is 200 g/mol. The molecule has 0 fully saturated rings. The fourth-order valence-electron chi connectivity index (χ4n) is 1.68. The molecular formula is C13H14N2O. The monoisotopic (exact) mass is 214 g/mol. The molecule has 1 aromatic carbocycles. The first-order chi connectivity index (χ1) is 7.85. The van der Waals surface area contributed by atoms with E-state index in [1.807, 2.05) is 36.4 Å². The lowest BCUT2D eigenvalue weighted by molar-refractivity contribution is 0.282. The summed E-state index contributed by atoms with van der Waals surface area (Å²) in [6, 6.07) is 11.5. The number of rotatable bonds is 3. The predicted octanol–water partition coefficient (Wildman–Crippen LogP) is 1.70. The zero-order valence-corrected chi connectivity index (χ0v) is 8.93. The number of aromatic nitrogens is 1. The quantitative estimate of drug-likeness (QED) is 0.817. The lowest BCUT2D eigenvalue weighted by atomic mass is 10.0. The molecule has 0 atom stereocenters. The van der Waals surface area contributed by atoms with Gasteiger partial charge in [0.15, 0.2) is 0 Å². The molecule has 0 aliphatic rings. The molecule has 16 heavy (non-hydrogen) atoms. The Bertz CT molecular complexity index is 483. The number of hydrogen-bond donors (Lipinski definition) is 2. The number of hydrogen-bond acceptors (Lipinski definition) is 3. The molecule has 2 aromatic rings. The molecule has 0 radical (unpaired) electrons. The Morgan fingerprint density at radius 2 is 2.06 bits per heavy atom. The van der Waals surface area contributed by atoms with Crippen molar-refractivity contribution in [2.24, 2.45) is 5.73 Å². The first kappa shape index (κ1) is 10.8. The SMILES string of the molecule is NCc1cccnc1-c1cccc(CO)c1. The highest BCUT2D eigenvalue weighted by Crippen LogP contribution is 2.21. The number of nitrogens with two attached hydrogens (primary N) is 1. The van der Waals surface area contributed by atoms with Crippen LogP contribution >= 0.6 is 0 Å². The van der Waals surface area contributed by atoms with Crippen LogP contribution in [0, 0.1) is 0 Å². The van der Waals surface area contributed by atoms with Gasteiger partial charge < -0.3 is 10.8 Å². The van der Waals surface area contributed by atoms with Crippen LogP contribution in [-0.2, 0) is 13.2 Å². The summed E-state index contributed by atoms with van der Waals surface area (Å²) in [6.07, 6.45) is 1.75. The van der Waals surface area contributed by atoms with Gasteiger partial charge in [0, 0.05) is 18.3 Å². The fourth-order valence-corrected chi connectivity index (χ4v) is 1.68. The van der Waals surface area contributed by atoms with Crippen molar-refractivity contribution in [1.29, 1.82) is 0 Å². The summed E-state index contributed by atoms with van der Waals surface area (Å²) in [5.41, 5.74) is 9.44. The van der Waals surface area contributed by atoms with Crippen molar-refractivity contribution in [3.63, 3.8) is 0 Å². The molecule has 0 aliphatic heterocycles. The molecule has 0 amide bonds. The van der Waals surface area contributed by atoms with Crippen molar-refractivity contribution in [3.8, 4) is 11.3 Å². The smallest absolute Gasteiger partial charge is 0.0746 e. The topological polar surface area (TPSA) is 59.1 Å². The molecule has 3 nitrogen and oxygen atoms in total. The van der Waals surface area contributed by atoms with Crippen molar-refractivity contribution >= 4 is 0 Å². The molecule has 1 aromatic heterocycles. The maximum absolute atomic E-state index is 9.09. The van der Waals surface area contributed by atoms with Gasteiger partial charge in [-0.1, -0.05) is 24.3 Å². The van der Waals surface area contributed by atoms with Crippen molar-refractivity contribution in [2.75, 3.05) is 0 Å². The molecule has 1 heterocycles. The van der Waals surface area contributed by atoms with E-state index in [9.17, 15) is 0 Å². The third-order valence-corrected chi connectivity index (χ3v) is 2.49. The predicted molar refractivity (Wildman–Crippen MR) is 63.5 cm³/mol. The lowest BCUT2D eigenvalue weighted by Crippen LogP contribution is -2.00. The number of pyridine rings is 1. The Hall–Kier alpha value is -1.71. The van der Waals surface area contributed by atoms with Crippen LogP contribution in [0.1, 0.15) is 11.1 Å². The summed E-state index contributed by atoms with van der Waals surface area (Å²) in [5.74, 6) is 0. The standard InChI is InChI=1S/C13H14N2O/c14-8-12-5-2-6-15-13(12)11-4-1-3-10(7-11)9-16/h1-7,16H,8-9,14H2. The van der Waals surface area contributed by atoms with Crippen molar-refractivity contribution < 1.29 is 5.11 Å². The van der Waals surface area contributed by atoms with Crippen LogP contribution in [0.25, 0.3) is 11.3 Å². The minimum atomic E-state index is 0.0403. The van der Waals surface area contributed by atoms with Crippen LogP contribution in [0.2, 0.25) is 0 Å². The van der Waals surface area contributed by atoms with Crippen LogP contribution < -0.4 is 5.73 Å². The second-order valence-electron chi connectivity index (χ2n) is 3.57. The second kappa shape index (κ2) is 4.88. The molecule has 0 saturated carbocycles. The van der Waals surface area contributed by atoms with E-state index in [2.05, 4.69) is 4.98 Å². The number of benzene rings is 1. The van der Waals surface area contributed by atoms with E-state index < -0.39 is 0 Å². The molecule has 3 heteroatoms. The van der Waals surface area contributed by atoms with Gasteiger partial charge in [-0.05, 0) is 23.3 Å². The molecule has 0 spiro atoms. The highest BCUT2D eigenvalue weighted by Gasteiger charge is 2.04. The van der Waals surface area contributed by atoms with Crippen LogP contribution in [0.5, 0.6) is 0 Å². The maximum atomic E-state index is 9.09. The van der Waals surface area contributed by atoms with E-state index in [0.29, 0.717) is 6.54 Å². The van der Waals surface area contributed by atoms with Crippen LogP contribution in [0.15, 0.2) is 42.6 Å². The normalized spacial score (nSPS) is 10.4. The van der Waals surface area contributed by atoms with Crippen LogP contribution in [0.4, 0.5) is 0 Å². The van der Waals surface area contributed by atoms with Crippen molar-refractivity contribution in [3.05, 3.63) is 53.7 Å². The third-order valence-electron chi connectivity index (χ3n) is 2.49. The first-order valence-corrected chi connectivity index (χ1v) is 5.19. The Morgan fingerprint density at radius 1 is 1.19 bits per heavy atom. The Morgan fingerprint density at radius 3 is 2.81 bits per heavy atom. The molecule has 82 valence electrons. The average molecular weight is 214 g/mol. The molecule has 0 unspecified atom stereocenters. The van der Waals surface area contributed by atoms with Gasteiger partial charge in [0.1, 0.15) is 0 Å². The summed E-state index contributed by atoms with van der Waals surface area (Å²) in [4.78, 5) is 4.33. The average Bonchev–Trinajstić information content (AvgIpc) is 2.38. The van der Waals surface area contributed by atoms with E-state index in [4.69, 9.17) is 10.8 Å². The summed E-state index contributed by atoms with van der Waals surface area (Å²) >= 11 is 0. The Kier molecular flexibility index (Phi) is 3.29. The van der Waals surface area contributed by atoms with Crippen molar-refractivity contribution in [2.45, 2.75) is 13.2 Å². The molecule has 0 aliphatic carbocycles. The van der Waals surface area contributed by atoms with Crippen LogP contribution in [0.3, 0.4) is 0 Å². The van der Waals surface area contributed by atoms with Crippen LogP contribution in [-0.4, -0.2) is 10.1 Å². The number of aliphatic hydroxyl groups excluding tert-OH is 1. The fraction of sp³-hybridized carbons (Fsp3) is 0.154. The van der Waals surface area contributed by atoms with E-state index in [-0.39, 0.29) is 6.61 Å². The molecule has 3 N–H and O–H groups in total. The summed E-state index contributed by atoms with van der Waals surface area (Å²) < 4.78 is 0. The molecule has 0 bridgehead atoms. The number of nitrogens with zero attached hydrogens (tertiary/aromatic N) is 1. The van der Waals surface area contributed by atoms with Gasteiger partial charge in [0.2, 0.25) is 0 Å². The molecule has 0 saturated heterocycles. The van der Waals surface area contributed by atoms with Crippen molar-refractivity contribution in [1.82, 2.24) is 4.98 Å². The highest BCUT2D eigenvalue weighted by atomic mass is 16.3. The number of aliphatic hydroxyl groups is 1. The minimum absolute atomic E-state index is 0.0403. The summed E-state index contributed by atoms with van der Waals surface area (Å²) in [6.45, 7) is 0.505. The van der Waals surface area contributed by atoms with Gasteiger partial charge in [-0.15, -0.1) is 0 Å². The van der Waals surface area contributed by atoms with Gasteiger partial charge in [-0.3, -0.25) is 4.98 Å². The maximum Gasteiger partial charge on any atom is 0.0746 e. The lowest BCUT2D eigenvalue weighted by Gasteiger charge is -2.07. The Balaban J connectivity index is 2.49. The zero-order valence-electron chi connectivity index (χ0n) is 8.93. The summed E-state index contributed by atoms with van der Waals surface area (Å²) in [7, 11) is 0. The van der Waals surface area contributed by atoms with E-state index in [1.165, 1.54) is 0 Å². The highest BCUT2D eigenvalue weighted by molar-refractivity contribution is 5.63. The first-order valence-electron chi connectivity index (χ1n) is 5.19. The van der Waals surface area contributed by atoms with E-state index in [1.54, 1.807) is 6.20 Å². The van der Waals surface area contributed by atoms with E-state index >= 15 is 0 Å². The van der Waals surface area contributed by atoms with Gasteiger partial charge in [-0.2, -0.15) is 0 Å². The summed E-state index contributed by atoms with van der Waals surface area (Å²) in [5, 5.41) is 9.09. The second-order valence-corrected chi connectivity index (χ2v) is 3.57. The van der Waals surface area contributed by atoms with E-state index in [0.717, 1.165) is 22.4 Å².